The van der Waals surface area contributed by atoms with Gasteiger partial charge in [0.25, 0.3) is 0 Å². The average Bonchev–Trinajstić information content (AvgIpc) is 3.43. The number of aromatic nitrogens is 1. The maximum atomic E-state index is 4.77. The van der Waals surface area contributed by atoms with Gasteiger partial charge in [-0.1, -0.05) is 200 Å². The third-order valence-electron chi connectivity index (χ3n) is 12.6. The Balaban J connectivity index is 0.973. The number of rotatable bonds is 12. The van der Waals surface area contributed by atoms with Gasteiger partial charge < -0.3 is 9.80 Å². The molecule has 0 spiro atoms. The average molecular weight is 870 g/mol. The van der Waals surface area contributed by atoms with E-state index in [0.29, 0.717) is 0 Å². The molecule has 0 amide bonds. The van der Waals surface area contributed by atoms with Gasteiger partial charge >= 0.3 is 0 Å². The van der Waals surface area contributed by atoms with Crippen molar-refractivity contribution in [2.45, 2.75) is 0 Å². The number of anilines is 6. The van der Waals surface area contributed by atoms with E-state index in [2.05, 4.69) is 277 Å². The molecule has 0 atom stereocenters. The molecule has 1 heterocycles. The van der Waals surface area contributed by atoms with Crippen molar-refractivity contribution >= 4 is 34.1 Å². The quantitative estimate of drug-likeness (QED) is 0.122. The largest absolute Gasteiger partial charge is 0.310 e. The van der Waals surface area contributed by atoms with Crippen LogP contribution in [-0.4, -0.2) is 4.98 Å². The van der Waals surface area contributed by atoms with Crippen LogP contribution in [-0.2, 0) is 0 Å². The molecule has 0 saturated carbocycles. The van der Waals surface area contributed by atoms with Crippen LogP contribution in [0.4, 0.5) is 34.1 Å². The first-order chi connectivity index (χ1) is 33.7. The van der Waals surface area contributed by atoms with Crippen molar-refractivity contribution < 1.29 is 0 Å². The normalized spacial score (nSPS) is 10.9. The minimum absolute atomic E-state index is 0.926. The standard InChI is InChI=1S/C65H47N3/c1-5-17-48(18-6-1)51-28-37-57(38-29-51)67(64-27-14-13-25-61(64)63-26-15-16-46-66-63)58-41-32-53(33-42-58)54-34-43-60(44-35-54)68(59-39-30-52(31-40-59)49-19-7-2-8-20-49)65-45-36-56(50-21-9-3-10-22-50)47-62(65)55-23-11-4-12-24-55/h1-47H. The number of nitrogens with zero attached hydrogens (tertiary/aromatic N) is 3. The number of benzene rings is 10. The van der Waals surface area contributed by atoms with Crippen LogP contribution >= 0.6 is 0 Å². The molecule has 3 nitrogen and oxygen atoms in total. The minimum atomic E-state index is 0.926. The Morgan fingerprint density at radius 3 is 0.956 bits per heavy atom. The third kappa shape index (κ3) is 8.72. The molecule has 10 aromatic carbocycles. The number of pyridine rings is 1. The second kappa shape index (κ2) is 19.2. The van der Waals surface area contributed by atoms with Crippen molar-refractivity contribution in [2.24, 2.45) is 0 Å². The second-order valence-electron chi connectivity index (χ2n) is 16.8. The van der Waals surface area contributed by atoms with Gasteiger partial charge in [0.15, 0.2) is 0 Å². The topological polar surface area (TPSA) is 19.4 Å². The lowest BCUT2D eigenvalue weighted by Crippen LogP contribution is -2.11. The molecule has 0 bridgehead atoms. The molecule has 0 aliphatic carbocycles. The van der Waals surface area contributed by atoms with Crippen LogP contribution in [0.1, 0.15) is 0 Å². The van der Waals surface area contributed by atoms with Crippen molar-refractivity contribution in [2.75, 3.05) is 9.80 Å². The summed E-state index contributed by atoms with van der Waals surface area (Å²) in [7, 11) is 0. The van der Waals surface area contributed by atoms with Crippen LogP contribution in [0.2, 0.25) is 0 Å². The van der Waals surface area contributed by atoms with E-state index in [1.807, 2.05) is 18.3 Å². The van der Waals surface area contributed by atoms with E-state index in [1.54, 1.807) is 0 Å². The molecule has 0 saturated heterocycles. The van der Waals surface area contributed by atoms with Gasteiger partial charge in [-0.2, -0.15) is 0 Å². The second-order valence-corrected chi connectivity index (χ2v) is 16.8. The third-order valence-corrected chi connectivity index (χ3v) is 12.6. The molecule has 11 aromatic rings. The molecule has 0 unspecified atom stereocenters. The summed E-state index contributed by atoms with van der Waals surface area (Å²) in [6, 6.07) is 99.6. The van der Waals surface area contributed by atoms with Crippen molar-refractivity contribution in [1.29, 1.82) is 0 Å². The summed E-state index contributed by atoms with van der Waals surface area (Å²) in [6.45, 7) is 0. The highest BCUT2D eigenvalue weighted by Crippen LogP contribution is 2.45. The van der Waals surface area contributed by atoms with Crippen molar-refractivity contribution in [3.63, 3.8) is 0 Å². The van der Waals surface area contributed by atoms with E-state index >= 15 is 0 Å². The van der Waals surface area contributed by atoms with E-state index in [-0.39, 0.29) is 0 Å². The van der Waals surface area contributed by atoms with E-state index < -0.39 is 0 Å². The number of hydrogen-bond donors (Lipinski definition) is 0. The minimum Gasteiger partial charge on any atom is -0.310 e. The Hall–Kier alpha value is -9.05. The summed E-state index contributed by atoms with van der Waals surface area (Å²) < 4.78 is 0. The molecule has 11 rings (SSSR count). The van der Waals surface area contributed by atoms with Gasteiger partial charge in [-0.15, -0.1) is 0 Å². The van der Waals surface area contributed by atoms with Gasteiger partial charge in [0, 0.05) is 40.1 Å². The fourth-order valence-corrected chi connectivity index (χ4v) is 9.12. The smallest absolute Gasteiger partial charge is 0.0723 e. The van der Waals surface area contributed by atoms with Crippen LogP contribution in [0, 0.1) is 0 Å². The van der Waals surface area contributed by atoms with E-state index in [4.69, 9.17) is 4.98 Å². The van der Waals surface area contributed by atoms with Crippen LogP contribution in [0.15, 0.2) is 285 Å². The highest BCUT2D eigenvalue weighted by molar-refractivity contribution is 5.92. The monoisotopic (exact) mass is 869 g/mol. The van der Waals surface area contributed by atoms with Gasteiger partial charge in [0.05, 0.1) is 17.1 Å². The Morgan fingerprint density at radius 1 is 0.221 bits per heavy atom. The zero-order valence-corrected chi connectivity index (χ0v) is 37.5. The lowest BCUT2D eigenvalue weighted by atomic mass is 9.96. The van der Waals surface area contributed by atoms with Crippen molar-refractivity contribution in [3.8, 4) is 66.9 Å². The lowest BCUT2D eigenvalue weighted by molar-refractivity contribution is 1.26. The van der Waals surface area contributed by atoms with Crippen LogP contribution in [0.25, 0.3) is 66.9 Å². The summed E-state index contributed by atoms with van der Waals surface area (Å²) in [5.41, 5.74) is 20.1. The summed E-state index contributed by atoms with van der Waals surface area (Å²) in [5.74, 6) is 0. The molecule has 68 heavy (non-hydrogen) atoms. The van der Waals surface area contributed by atoms with Gasteiger partial charge in [0.2, 0.25) is 0 Å². The molecule has 3 heteroatoms. The molecule has 0 fully saturated rings. The maximum absolute atomic E-state index is 4.77. The first kappa shape index (κ1) is 41.6. The predicted octanol–water partition coefficient (Wildman–Crippen LogP) is 18.0. The number of hydrogen-bond acceptors (Lipinski definition) is 3. The Bertz CT molecular complexity index is 3380. The molecule has 322 valence electrons. The van der Waals surface area contributed by atoms with Crippen molar-refractivity contribution in [1.82, 2.24) is 4.98 Å². The van der Waals surface area contributed by atoms with Crippen LogP contribution in [0.5, 0.6) is 0 Å². The highest BCUT2D eigenvalue weighted by atomic mass is 15.2. The molecular formula is C65H47N3. The van der Waals surface area contributed by atoms with E-state index in [0.717, 1.165) is 67.6 Å². The molecule has 1 aromatic heterocycles. The van der Waals surface area contributed by atoms with Gasteiger partial charge in [0.1, 0.15) is 0 Å². The summed E-state index contributed by atoms with van der Waals surface area (Å²) in [6.07, 6.45) is 1.86. The zero-order valence-electron chi connectivity index (χ0n) is 37.5. The fourth-order valence-electron chi connectivity index (χ4n) is 9.12. The maximum Gasteiger partial charge on any atom is 0.0723 e. The Morgan fingerprint density at radius 2 is 0.544 bits per heavy atom. The predicted molar refractivity (Wildman–Crippen MR) is 286 cm³/mol. The van der Waals surface area contributed by atoms with Gasteiger partial charge in [-0.05, 0) is 129 Å². The van der Waals surface area contributed by atoms with Crippen LogP contribution in [0.3, 0.4) is 0 Å². The fraction of sp³-hybridized carbons (Fsp3) is 0. The van der Waals surface area contributed by atoms with E-state index in [1.165, 1.54) is 33.4 Å². The first-order valence-electron chi connectivity index (χ1n) is 23.1. The SMILES string of the molecule is c1ccc(-c2ccc(N(c3ccc(-c4ccc(N(c5ccc(-c6ccccc6)cc5)c5ccccc5-c5ccccn5)cc4)cc3)c3ccc(-c4ccccc4)cc3-c3ccccc3)cc2)cc1. The van der Waals surface area contributed by atoms with E-state index in [9.17, 15) is 0 Å². The lowest BCUT2D eigenvalue weighted by Gasteiger charge is -2.29. The summed E-state index contributed by atoms with van der Waals surface area (Å²) in [5, 5.41) is 0. The Kier molecular flexibility index (Phi) is 11.8. The van der Waals surface area contributed by atoms with Crippen molar-refractivity contribution in [3.05, 3.63) is 285 Å². The van der Waals surface area contributed by atoms with Crippen LogP contribution < -0.4 is 9.80 Å². The summed E-state index contributed by atoms with van der Waals surface area (Å²) >= 11 is 0. The molecule has 0 aliphatic heterocycles. The Labute approximate surface area is 399 Å². The molecule has 0 N–H and O–H groups in total. The molecule has 0 aliphatic rings. The molecular weight excluding hydrogens is 823 g/mol. The summed E-state index contributed by atoms with van der Waals surface area (Å²) in [4.78, 5) is 9.49. The first-order valence-corrected chi connectivity index (χ1v) is 23.1. The number of para-hydroxylation sites is 1. The highest BCUT2D eigenvalue weighted by Gasteiger charge is 2.21. The van der Waals surface area contributed by atoms with Gasteiger partial charge in [-0.25, -0.2) is 0 Å². The molecule has 0 radical (unpaired) electrons. The van der Waals surface area contributed by atoms with Gasteiger partial charge in [-0.3, -0.25) is 4.98 Å². The zero-order chi connectivity index (χ0) is 45.5.